The van der Waals surface area contributed by atoms with Gasteiger partial charge in [0.1, 0.15) is 0 Å². The molecule has 1 heterocycles. The molecule has 0 bridgehead atoms. The molecule has 108 valence electrons. The Labute approximate surface area is 111 Å². The molecule has 0 amide bonds. The standard InChI is InChI=1S/C12H26N2O3S/c1-4-13-8-11(2)18(15,16)14-7-5-6-12(9-14)10-17-3/h11-13H,4-10H2,1-3H3. The topological polar surface area (TPSA) is 58.6 Å². The highest BCUT2D eigenvalue weighted by Crippen LogP contribution is 2.21. The Hall–Kier alpha value is -0.170. The molecule has 0 radical (unpaired) electrons. The zero-order valence-electron chi connectivity index (χ0n) is 11.7. The number of hydrogen-bond acceptors (Lipinski definition) is 4. The van der Waals surface area contributed by atoms with E-state index in [1.165, 1.54) is 0 Å². The Morgan fingerprint density at radius 2 is 2.22 bits per heavy atom. The van der Waals surface area contributed by atoms with E-state index in [2.05, 4.69) is 5.32 Å². The van der Waals surface area contributed by atoms with Crippen LogP contribution in [-0.4, -0.2) is 57.9 Å². The Morgan fingerprint density at radius 3 is 2.83 bits per heavy atom. The summed E-state index contributed by atoms with van der Waals surface area (Å²) in [7, 11) is -1.50. The Kier molecular flexibility index (Phi) is 6.55. The first kappa shape index (κ1) is 15.9. The van der Waals surface area contributed by atoms with Gasteiger partial charge in [-0.3, -0.25) is 0 Å². The average molecular weight is 278 g/mol. The minimum atomic E-state index is -3.17. The summed E-state index contributed by atoms with van der Waals surface area (Å²) in [6, 6.07) is 0. The van der Waals surface area contributed by atoms with E-state index in [0.717, 1.165) is 19.4 Å². The monoisotopic (exact) mass is 278 g/mol. The van der Waals surface area contributed by atoms with Crippen molar-refractivity contribution in [3.8, 4) is 0 Å². The number of sulfonamides is 1. The van der Waals surface area contributed by atoms with E-state index >= 15 is 0 Å². The van der Waals surface area contributed by atoms with Crippen LogP contribution >= 0.6 is 0 Å². The highest BCUT2D eigenvalue weighted by atomic mass is 32.2. The fraction of sp³-hybridized carbons (Fsp3) is 1.00. The number of hydrogen-bond donors (Lipinski definition) is 1. The van der Waals surface area contributed by atoms with Gasteiger partial charge in [-0.15, -0.1) is 0 Å². The lowest BCUT2D eigenvalue weighted by Gasteiger charge is -2.33. The zero-order valence-corrected chi connectivity index (χ0v) is 12.5. The molecule has 0 aromatic carbocycles. The minimum absolute atomic E-state index is 0.338. The maximum Gasteiger partial charge on any atom is 0.217 e. The van der Waals surface area contributed by atoms with Gasteiger partial charge in [-0.1, -0.05) is 6.92 Å². The van der Waals surface area contributed by atoms with Gasteiger partial charge in [0.25, 0.3) is 0 Å². The molecule has 0 aliphatic carbocycles. The zero-order chi connectivity index (χ0) is 13.6. The summed E-state index contributed by atoms with van der Waals surface area (Å²) in [4.78, 5) is 0. The van der Waals surface area contributed by atoms with Crippen LogP contribution in [0.25, 0.3) is 0 Å². The first-order chi connectivity index (χ1) is 8.52. The summed E-state index contributed by atoms with van der Waals surface area (Å²) in [5.74, 6) is 0.338. The van der Waals surface area contributed by atoms with Gasteiger partial charge in [-0.05, 0) is 32.2 Å². The molecule has 2 unspecified atom stereocenters. The van der Waals surface area contributed by atoms with Crippen molar-refractivity contribution in [1.82, 2.24) is 9.62 Å². The quantitative estimate of drug-likeness (QED) is 0.744. The second kappa shape index (κ2) is 7.43. The lowest BCUT2D eigenvalue weighted by Crippen LogP contribution is -2.47. The van der Waals surface area contributed by atoms with Gasteiger partial charge in [-0.25, -0.2) is 12.7 Å². The second-order valence-corrected chi connectivity index (χ2v) is 7.34. The van der Waals surface area contributed by atoms with Crippen molar-refractivity contribution < 1.29 is 13.2 Å². The fourth-order valence-corrected chi connectivity index (χ4v) is 3.98. The molecule has 6 heteroatoms. The van der Waals surface area contributed by atoms with E-state index in [-0.39, 0.29) is 5.25 Å². The molecule has 1 aliphatic rings. The van der Waals surface area contributed by atoms with Crippen LogP contribution in [0.2, 0.25) is 0 Å². The molecule has 1 N–H and O–H groups in total. The lowest BCUT2D eigenvalue weighted by atomic mass is 10.0. The molecule has 1 rings (SSSR count). The average Bonchev–Trinajstić information content (AvgIpc) is 2.36. The first-order valence-corrected chi connectivity index (χ1v) is 8.21. The van der Waals surface area contributed by atoms with E-state index in [4.69, 9.17) is 4.74 Å². The molecule has 0 aromatic rings. The largest absolute Gasteiger partial charge is 0.384 e. The van der Waals surface area contributed by atoms with E-state index in [1.54, 1.807) is 18.3 Å². The van der Waals surface area contributed by atoms with Gasteiger partial charge in [0.2, 0.25) is 10.0 Å². The van der Waals surface area contributed by atoms with Crippen LogP contribution in [0, 0.1) is 5.92 Å². The van der Waals surface area contributed by atoms with Crippen molar-refractivity contribution in [3.63, 3.8) is 0 Å². The van der Waals surface area contributed by atoms with E-state index in [9.17, 15) is 8.42 Å². The maximum absolute atomic E-state index is 12.4. The number of methoxy groups -OCH3 is 1. The third-order valence-corrected chi connectivity index (χ3v) is 5.67. The van der Waals surface area contributed by atoms with Gasteiger partial charge < -0.3 is 10.1 Å². The van der Waals surface area contributed by atoms with Gasteiger partial charge in [0, 0.05) is 26.7 Å². The Bertz CT molecular complexity index is 330. The van der Waals surface area contributed by atoms with Crippen molar-refractivity contribution in [1.29, 1.82) is 0 Å². The predicted molar refractivity (Wildman–Crippen MR) is 73.1 cm³/mol. The van der Waals surface area contributed by atoms with Crippen molar-refractivity contribution in [2.45, 2.75) is 31.9 Å². The normalized spacial score (nSPS) is 24.1. The fourth-order valence-electron chi connectivity index (χ4n) is 2.34. The van der Waals surface area contributed by atoms with Crippen molar-refractivity contribution >= 4 is 10.0 Å². The smallest absolute Gasteiger partial charge is 0.217 e. The Balaban J connectivity index is 2.60. The summed E-state index contributed by atoms with van der Waals surface area (Å²) in [6.45, 7) is 6.97. The van der Waals surface area contributed by atoms with Crippen LogP contribution < -0.4 is 5.32 Å². The molecule has 5 nitrogen and oxygen atoms in total. The minimum Gasteiger partial charge on any atom is -0.384 e. The van der Waals surface area contributed by atoms with Crippen molar-refractivity contribution in [2.75, 3.05) is 39.9 Å². The van der Waals surface area contributed by atoms with Crippen LogP contribution in [0.3, 0.4) is 0 Å². The van der Waals surface area contributed by atoms with E-state index in [0.29, 0.717) is 32.2 Å². The van der Waals surface area contributed by atoms with Crippen LogP contribution in [0.4, 0.5) is 0 Å². The number of rotatable bonds is 7. The molecule has 1 saturated heterocycles. The van der Waals surface area contributed by atoms with Crippen molar-refractivity contribution in [2.24, 2.45) is 5.92 Å². The number of nitrogens with one attached hydrogen (secondary N) is 1. The predicted octanol–water partition coefficient (Wildman–Crippen LogP) is 0.673. The first-order valence-electron chi connectivity index (χ1n) is 6.71. The highest BCUT2D eigenvalue weighted by Gasteiger charge is 2.32. The summed E-state index contributed by atoms with van der Waals surface area (Å²) in [6.07, 6.45) is 1.99. The van der Waals surface area contributed by atoms with Crippen LogP contribution in [-0.2, 0) is 14.8 Å². The number of nitrogens with zero attached hydrogens (tertiary/aromatic N) is 1. The molecular weight excluding hydrogens is 252 g/mol. The van der Waals surface area contributed by atoms with Gasteiger partial charge in [0.05, 0.1) is 11.9 Å². The van der Waals surface area contributed by atoms with Crippen LogP contribution in [0.1, 0.15) is 26.7 Å². The van der Waals surface area contributed by atoms with Crippen molar-refractivity contribution in [3.05, 3.63) is 0 Å². The van der Waals surface area contributed by atoms with E-state index < -0.39 is 10.0 Å². The summed E-state index contributed by atoms with van der Waals surface area (Å²) >= 11 is 0. The number of piperidine rings is 1. The Morgan fingerprint density at radius 1 is 1.50 bits per heavy atom. The molecule has 2 atom stereocenters. The lowest BCUT2D eigenvalue weighted by molar-refractivity contribution is 0.118. The third kappa shape index (κ3) is 4.19. The molecule has 0 saturated carbocycles. The SMILES string of the molecule is CCNCC(C)S(=O)(=O)N1CCCC(COC)C1. The third-order valence-electron chi connectivity index (χ3n) is 3.43. The van der Waals surface area contributed by atoms with E-state index in [1.807, 2.05) is 6.92 Å². The number of ether oxygens (including phenoxy) is 1. The highest BCUT2D eigenvalue weighted by molar-refractivity contribution is 7.89. The molecule has 0 spiro atoms. The summed E-state index contributed by atoms with van der Waals surface area (Å²) in [5.41, 5.74) is 0. The van der Waals surface area contributed by atoms with Gasteiger partial charge in [-0.2, -0.15) is 0 Å². The molecule has 0 aromatic heterocycles. The molecule has 1 fully saturated rings. The summed E-state index contributed by atoms with van der Waals surface area (Å²) < 4.78 is 31.5. The maximum atomic E-state index is 12.4. The second-order valence-electron chi connectivity index (χ2n) is 4.98. The molecule has 18 heavy (non-hydrogen) atoms. The van der Waals surface area contributed by atoms with Crippen LogP contribution in [0.15, 0.2) is 0 Å². The van der Waals surface area contributed by atoms with Gasteiger partial charge in [0.15, 0.2) is 0 Å². The van der Waals surface area contributed by atoms with Crippen LogP contribution in [0.5, 0.6) is 0 Å². The molecule has 1 aliphatic heterocycles. The summed E-state index contributed by atoms with van der Waals surface area (Å²) in [5, 5.41) is 2.74. The van der Waals surface area contributed by atoms with Gasteiger partial charge >= 0.3 is 0 Å². The molecular formula is C12H26N2O3S.